The van der Waals surface area contributed by atoms with Gasteiger partial charge in [-0.2, -0.15) is 0 Å². The number of carbonyl (C=O) groups excluding carboxylic acids is 1. The Morgan fingerprint density at radius 2 is 1.86 bits per heavy atom. The number of hydrogen-bond donors (Lipinski definition) is 2. The summed E-state index contributed by atoms with van der Waals surface area (Å²) in [6, 6.07) is 14.4. The third-order valence-electron chi connectivity index (χ3n) is 4.29. The van der Waals surface area contributed by atoms with E-state index in [9.17, 15) is 4.79 Å². The van der Waals surface area contributed by atoms with Crippen molar-refractivity contribution in [2.75, 3.05) is 23.8 Å². The molecule has 0 spiro atoms. The average Bonchev–Trinajstić information content (AvgIpc) is 2.71. The van der Waals surface area contributed by atoms with Crippen LogP contribution in [0.1, 0.15) is 15.9 Å². The van der Waals surface area contributed by atoms with Gasteiger partial charge in [-0.1, -0.05) is 17.7 Å². The normalized spacial score (nSPS) is 12.4. The summed E-state index contributed by atoms with van der Waals surface area (Å²) in [6.45, 7) is 3.00. The van der Waals surface area contributed by atoms with Gasteiger partial charge in [-0.3, -0.25) is 4.79 Å². The molecule has 1 aliphatic rings. The second-order valence-corrected chi connectivity index (χ2v) is 6.77. The molecule has 3 aromatic rings. The van der Waals surface area contributed by atoms with Crippen molar-refractivity contribution in [1.82, 2.24) is 4.98 Å². The van der Waals surface area contributed by atoms with Crippen molar-refractivity contribution in [2.24, 2.45) is 0 Å². The third kappa shape index (κ3) is 4.02. The number of rotatable bonds is 4. The van der Waals surface area contributed by atoms with Crippen LogP contribution in [0.3, 0.4) is 0 Å². The molecule has 4 rings (SSSR count). The Hall–Kier alpha value is -3.25. The number of nitrogens with one attached hydrogen (secondary N) is 2. The molecule has 7 heteroatoms. The fourth-order valence-corrected chi connectivity index (χ4v) is 2.97. The molecule has 28 heavy (non-hydrogen) atoms. The Balaban J connectivity index is 1.45. The zero-order valence-electron chi connectivity index (χ0n) is 15.2. The van der Waals surface area contributed by atoms with Crippen LogP contribution in [0.15, 0.2) is 54.7 Å². The molecule has 0 fully saturated rings. The molecule has 0 atom stereocenters. The lowest BCUT2D eigenvalue weighted by Crippen LogP contribution is -2.16. The molecule has 1 amide bonds. The number of nitrogens with zero attached hydrogens (tertiary/aromatic N) is 1. The summed E-state index contributed by atoms with van der Waals surface area (Å²) in [6.07, 6.45) is 1.52. The number of ether oxygens (including phenoxy) is 2. The number of amides is 1. The van der Waals surface area contributed by atoms with Crippen molar-refractivity contribution in [3.05, 3.63) is 70.9 Å². The summed E-state index contributed by atoms with van der Waals surface area (Å²) in [5.41, 5.74) is 2.99. The van der Waals surface area contributed by atoms with E-state index < -0.39 is 0 Å². The van der Waals surface area contributed by atoms with E-state index in [2.05, 4.69) is 15.6 Å². The molecule has 0 radical (unpaired) electrons. The zero-order valence-corrected chi connectivity index (χ0v) is 15.9. The second-order valence-electron chi connectivity index (χ2n) is 6.33. The molecular weight excluding hydrogens is 378 g/mol. The van der Waals surface area contributed by atoms with Crippen LogP contribution >= 0.6 is 11.6 Å². The largest absolute Gasteiger partial charge is 0.486 e. The van der Waals surface area contributed by atoms with E-state index in [-0.39, 0.29) is 5.91 Å². The van der Waals surface area contributed by atoms with Gasteiger partial charge in [0.05, 0.1) is 5.56 Å². The van der Waals surface area contributed by atoms with Gasteiger partial charge in [0.25, 0.3) is 5.91 Å². The molecule has 1 aromatic heterocycles. The van der Waals surface area contributed by atoms with Gasteiger partial charge < -0.3 is 20.1 Å². The van der Waals surface area contributed by atoms with Crippen LogP contribution in [-0.4, -0.2) is 24.1 Å². The highest BCUT2D eigenvalue weighted by molar-refractivity contribution is 6.30. The molecule has 0 aliphatic carbocycles. The third-order valence-corrected chi connectivity index (χ3v) is 4.52. The monoisotopic (exact) mass is 395 g/mol. The SMILES string of the molecule is Cc1ccc(Cl)cc1Nc1ccc(C(=O)Nc2ccc3c(c2)OCCO3)cn1. The van der Waals surface area contributed by atoms with Crippen LogP contribution in [0.4, 0.5) is 17.2 Å². The van der Waals surface area contributed by atoms with Crippen LogP contribution in [0.5, 0.6) is 11.5 Å². The van der Waals surface area contributed by atoms with Gasteiger partial charge in [0, 0.05) is 28.7 Å². The van der Waals surface area contributed by atoms with Gasteiger partial charge in [0.2, 0.25) is 0 Å². The molecule has 0 saturated carbocycles. The summed E-state index contributed by atoms with van der Waals surface area (Å²) in [7, 11) is 0. The highest BCUT2D eigenvalue weighted by Crippen LogP contribution is 2.32. The fraction of sp³-hybridized carbons (Fsp3) is 0.143. The molecule has 1 aliphatic heterocycles. The first-order chi connectivity index (χ1) is 13.6. The topological polar surface area (TPSA) is 72.5 Å². The van der Waals surface area contributed by atoms with Crippen LogP contribution in [0.25, 0.3) is 0 Å². The van der Waals surface area contributed by atoms with Crippen molar-refractivity contribution < 1.29 is 14.3 Å². The number of halogens is 1. The van der Waals surface area contributed by atoms with Crippen molar-refractivity contribution in [3.8, 4) is 11.5 Å². The maximum absolute atomic E-state index is 12.5. The molecule has 2 aromatic carbocycles. The predicted octanol–water partition coefficient (Wildman–Crippen LogP) is 4.81. The van der Waals surface area contributed by atoms with Crippen molar-refractivity contribution in [2.45, 2.75) is 6.92 Å². The number of hydrogen-bond acceptors (Lipinski definition) is 5. The molecule has 6 nitrogen and oxygen atoms in total. The maximum atomic E-state index is 12.5. The number of aromatic nitrogens is 1. The minimum absolute atomic E-state index is 0.255. The summed E-state index contributed by atoms with van der Waals surface area (Å²) in [4.78, 5) is 16.8. The minimum Gasteiger partial charge on any atom is -0.486 e. The lowest BCUT2D eigenvalue weighted by molar-refractivity contribution is 0.102. The van der Waals surface area contributed by atoms with E-state index in [1.807, 2.05) is 25.1 Å². The van der Waals surface area contributed by atoms with E-state index in [0.29, 0.717) is 46.8 Å². The maximum Gasteiger partial charge on any atom is 0.257 e. The number of anilines is 3. The lowest BCUT2D eigenvalue weighted by Gasteiger charge is -2.19. The minimum atomic E-state index is -0.255. The number of pyridine rings is 1. The van der Waals surface area contributed by atoms with E-state index in [1.165, 1.54) is 6.20 Å². The number of fused-ring (bicyclic) bond motifs is 1. The van der Waals surface area contributed by atoms with Crippen molar-refractivity contribution >= 4 is 34.7 Å². The van der Waals surface area contributed by atoms with E-state index in [0.717, 1.165) is 11.3 Å². The number of benzene rings is 2. The van der Waals surface area contributed by atoms with Crippen LogP contribution in [-0.2, 0) is 0 Å². The molecule has 0 saturated heterocycles. The standard InChI is InChI=1S/C21H18ClN3O3/c1-13-2-4-15(22)10-17(13)25-20-7-3-14(12-23-20)21(26)24-16-5-6-18-19(11-16)28-9-8-27-18/h2-7,10-12H,8-9H2,1H3,(H,23,25)(H,24,26). The molecule has 0 unspecified atom stereocenters. The molecule has 2 heterocycles. The lowest BCUT2D eigenvalue weighted by atomic mass is 10.2. The first kappa shape index (κ1) is 18.1. The highest BCUT2D eigenvalue weighted by Gasteiger charge is 2.13. The smallest absolute Gasteiger partial charge is 0.257 e. The first-order valence-corrected chi connectivity index (χ1v) is 9.16. The zero-order chi connectivity index (χ0) is 19.5. The average molecular weight is 396 g/mol. The summed E-state index contributed by atoms with van der Waals surface area (Å²) >= 11 is 6.04. The Bertz CT molecular complexity index is 1020. The number of aryl methyl sites for hydroxylation is 1. The molecule has 0 bridgehead atoms. The van der Waals surface area contributed by atoms with Gasteiger partial charge in [-0.05, 0) is 48.9 Å². The van der Waals surface area contributed by atoms with Crippen molar-refractivity contribution in [3.63, 3.8) is 0 Å². The molecular formula is C21H18ClN3O3. The molecule has 142 valence electrons. The summed E-state index contributed by atoms with van der Waals surface area (Å²) in [5, 5.41) is 6.69. The van der Waals surface area contributed by atoms with Crippen molar-refractivity contribution in [1.29, 1.82) is 0 Å². The van der Waals surface area contributed by atoms with Gasteiger partial charge >= 0.3 is 0 Å². The van der Waals surface area contributed by atoms with Crippen LogP contribution in [0, 0.1) is 6.92 Å². The Kier molecular flexibility index (Phi) is 5.04. The first-order valence-electron chi connectivity index (χ1n) is 8.79. The Morgan fingerprint density at radius 3 is 2.64 bits per heavy atom. The predicted molar refractivity (Wildman–Crippen MR) is 109 cm³/mol. The van der Waals surface area contributed by atoms with Gasteiger partial charge in [0.1, 0.15) is 19.0 Å². The fourth-order valence-electron chi connectivity index (χ4n) is 2.79. The Labute approximate surface area is 167 Å². The highest BCUT2D eigenvalue weighted by atomic mass is 35.5. The molecule has 2 N–H and O–H groups in total. The summed E-state index contributed by atoms with van der Waals surface area (Å²) in [5.74, 6) is 1.67. The van der Waals surface area contributed by atoms with Gasteiger partial charge in [-0.25, -0.2) is 4.98 Å². The van der Waals surface area contributed by atoms with E-state index >= 15 is 0 Å². The van der Waals surface area contributed by atoms with Gasteiger partial charge in [-0.15, -0.1) is 0 Å². The van der Waals surface area contributed by atoms with E-state index in [1.54, 1.807) is 30.3 Å². The van der Waals surface area contributed by atoms with Gasteiger partial charge in [0.15, 0.2) is 11.5 Å². The van der Waals surface area contributed by atoms with Crippen LogP contribution < -0.4 is 20.1 Å². The van der Waals surface area contributed by atoms with E-state index in [4.69, 9.17) is 21.1 Å². The number of carbonyl (C=O) groups is 1. The Morgan fingerprint density at radius 1 is 1.04 bits per heavy atom. The van der Waals surface area contributed by atoms with Crippen LogP contribution in [0.2, 0.25) is 5.02 Å². The second kappa shape index (κ2) is 7.78. The quantitative estimate of drug-likeness (QED) is 0.663. The summed E-state index contributed by atoms with van der Waals surface area (Å²) < 4.78 is 11.0.